The van der Waals surface area contributed by atoms with Gasteiger partial charge in [0.25, 0.3) is 0 Å². The summed E-state index contributed by atoms with van der Waals surface area (Å²) in [5, 5.41) is 0. The molecule has 0 saturated carbocycles. The Morgan fingerprint density at radius 2 is 1.74 bits per heavy atom. The number of rotatable bonds is 11. The number of hydrogen-bond acceptors (Lipinski definition) is 6. The molecule has 6 heteroatoms. The minimum absolute atomic E-state index is 0.578. The van der Waals surface area contributed by atoms with E-state index < -0.39 is 0 Å². The van der Waals surface area contributed by atoms with Crippen LogP contribution in [0.15, 0.2) is 78.1 Å². The molecule has 0 radical (unpaired) electrons. The van der Waals surface area contributed by atoms with Gasteiger partial charge in [-0.1, -0.05) is 49.5 Å². The monoisotopic (exact) mass is 494 g/mol. The number of methoxy groups -OCH3 is 3. The summed E-state index contributed by atoms with van der Waals surface area (Å²) in [5.41, 5.74) is 5.48. The highest BCUT2D eigenvalue weighted by molar-refractivity contribution is 7.09. The second kappa shape index (κ2) is 16.3. The molecular weight excluding hydrogens is 456 g/mol. The van der Waals surface area contributed by atoms with E-state index in [0.29, 0.717) is 17.2 Å². The third-order valence-electron chi connectivity index (χ3n) is 4.98. The number of hydrogen-bond donors (Lipinski definition) is 0. The Morgan fingerprint density at radius 3 is 2.23 bits per heavy atom. The highest BCUT2D eigenvalue weighted by Crippen LogP contribution is 2.43. The predicted molar refractivity (Wildman–Crippen MR) is 152 cm³/mol. The minimum atomic E-state index is 0.578. The van der Waals surface area contributed by atoms with Gasteiger partial charge in [-0.05, 0) is 68.9 Å². The number of ether oxygens (including phenoxy) is 3. The van der Waals surface area contributed by atoms with Crippen LogP contribution < -0.4 is 14.2 Å². The molecule has 0 aliphatic heterocycles. The summed E-state index contributed by atoms with van der Waals surface area (Å²) in [5.74, 6) is 1.82. The van der Waals surface area contributed by atoms with E-state index in [1.807, 2.05) is 44.3 Å². The van der Waals surface area contributed by atoms with Crippen molar-refractivity contribution in [2.45, 2.75) is 40.5 Å². The Bertz CT molecular complexity index is 1070. The molecule has 35 heavy (non-hydrogen) atoms. The van der Waals surface area contributed by atoms with Crippen LogP contribution in [0.4, 0.5) is 0 Å². The van der Waals surface area contributed by atoms with Crippen LogP contribution in [0.1, 0.15) is 46.1 Å². The highest BCUT2D eigenvalue weighted by atomic mass is 32.1. The van der Waals surface area contributed by atoms with Gasteiger partial charge in [-0.3, -0.25) is 4.99 Å². The zero-order chi connectivity index (χ0) is 26.2. The van der Waals surface area contributed by atoms with Crippen LogP contribution in [0.3, 0.4) is 0 Å². The molecule has 1 heterocycles. The molecule has 0 saturated heterocycles. The maximum Gasteiger partial charge on any atom is 0.203 e. The molecule has 2 rings (SSSR count). The fourth-order valence-electron chi connectivity index (χ4n) is 2.96. The van der Waals surface area contributed by atoms with Gasteiger partial charge in [0.15, 0.2) is 11.5 Å². The summed E-state index contributed by atoms with van der Waals surface area (Å²) in [7, 11) is 4.83. The zero-order valence-corrected chi connectivity index (χ0v) is 22.9. The maximum atomic E-state index is 5.48. The van der Waals surface area contributed by atoms with Crippen molar-refractivity contribution in [1.82, 2.24) is 4.37 Å². The summed E-state index contributed by atoms with van der Waals surface area (Å²) < 4.78 is 20.8. The van der Waals surface area contributed by atoms with E-state index >= 15 is 0 Å². The lowest BCUT2D eigenvalue weighted by Gasteiger charge is -2.14. The van der Waals surface area contributed by atoms with Gasteiger partial charge in [0.05, 0.1) is 26.2 Å². The molecule has 1 aromatic carbocycles. The molecule has 188 valence electrons. The predicted octanol–water partition coefficient (Wildman–Crippen LogP) is 8.32. The molecule has 0 spiro atoms. The van der Waals surface area contributed by atoms with Crippen molar-refractivity contribution in [2.75, 3.05) is 21.3 Å². The topological polar surface area (TPSA) is 52.9 Å². The summed E-state index contributed by atoms with van der Waals surface area (Å²) >= 11 is 1.44. The summed E-state index contributed by atoms with van der Waals surface area (Å²) in [4.78, 5) is 4.88. The first-order valence-corrected chi connectivity index (χ1v) is 12.2. The van der Waals surface area contributed by atoms with Crippen molar-refractivity contribution in [2.24, 2.45) is 4.99 Å². The van der Waals surface area contributed by atoms with Crippen LogP contribution in [0.2, 0.25) is 0 Å². The van der Waals surface area contributed by atoms with Crippen molar-refractivity contribution in [3.8, 4) is 27.7 Å². The number of nitrogens with zero attached hydrogens (tertiary/aromatic N) is 2. The third-order valence-corrected chi connectivity index (χ3v) is 5.83. The molecule has 0 atom stereocenters. The number of aliphatic imine (C=N–C) groups is 1. The van der Waals surface area contributed by atoms with E-state index in [1.54, 1.807) is 33.7 Å². The number of allylic oxidation sites excluding steroid dienone is 7. The van der Waals surface area contributed by atoms with Gasteiger partial charge in [0.2, 0.25) is 5.75 Å². The van der Waals surface area contributed by atoms with E-state index in [-0.39, 0.29) is 0 Å². The molecule has 0 fully saturated rings. The Morgan fingerprint density at radius 1 is 1.09 bits per heavy atom. The maximum absolute atomic E-state index is 5.48. The van der Waals surface area contributed by atoms with Crippen LogP contribution >= 0.6 is 11.5 Å². The lowest BCUT2D eigenvalue weighted by molar-refractivity contribution is 0.324. The number of benzene rings is 1. The molecule has 2 aromatic rings. The van der Waals surface area contributed by atoms with Gasteiger partial charge in [-0.25, -0.2) is 0 Å². The fourth-order valence-corrected chi connectivity index (χ4v) is 3.71. The van der Waals surface area contributed by atoms with Gasteiger partial charge in [-0.2, -0.15) is 4.37 Å². The van der Waals surface area contributed by atoms with E-state index in [0.717, 1.165) is 40.0 Å². The lowest BCUT2D eigenvalue weighted by Crippen LogP contribution is -1.95. The van der Waals surface area contributed by atoms with Crippen LogP contribution in [-0.2, 0) is 0 Å². The van der Waals surface area contributed by atoms with Crippen molar-refractivity contribution in [1.29, 1.82) is 0 Å². The van der Waals surface area contributed by atoms with Crippen molar-refractivity contribution < 1.29 is 14.2 Å². The molecule has 0 aliphatic rings. The average Bonchev–Trinajstić information content (AvgIpc) is 3.35. The van der Waals surface area contributed by atoms with Crippen molar-refractivity contribution >= 4 is 23.3 Å². The largest absolute Gasteiger partial charge is 0.493 e. The Kier molecular flexibility index (Phi) is 13.8. The van der Waals surface area contributed by atoms with E-state index in [1.165, 1.54) is 17.1 Å². The van der Waals surface area contributed by atoms with Gasteiger partial charge >= 0.3 is 0 Å². The molecule has 0 unspecified atom stereocenters. The first-order chi connectivity index (χ1) is 16.9. The summed E-state index contributed by atoms with van der Waals surface area (Å²) in [6.45, 7) is 15.8. The molecule has 0 bridgehead atoms. The quantitative estimate of drug-likeness (QED) is 0.179. The van der Waals surface area contributed by atoms with Crippen LogP contribution in [0.25, 0.3) is 16.0 Å². The van der Waals surface area contributed by atoms with Gasteiger partial charge in [0, 0.05) is 29.7 Å². The SMILES string of the molecule is C=C(C)/C=C\N=CC.C=C/C(=C\C/C=C(/C)CC)c1cnsc1-c1cc(OC)c(OC)c(OC)c1. The van der Waals surface area contributed by atoms with Crippen molar-refractivity contribution in [3.05, 3.63) is 78.7 Å². The smallest absolute Gasteiger partial charge is 0.203 e. The first kappa shape index (κ1) is 29.7. The molecule has 1 aromatic heterocycles. The van der Waals surface area contributed by atoms with E-state index in [4.69, 9.17) is 14.2 Å². The van der Waals surface area contributed by atoms with Crippen LogP contribution in [0.5, 0.6) is 17.2 Å². The molecule has 0 amide bonds. The Hall–Kier alpha value is -3.38. The summed E-state index contributed by atoms with van der Waals surface area (Å²) in [6.07, 6.45) is 15.4. The first-order valence-electron chi connectivity index (χ1n) is 11.4. The van der Waals surface area contributed by atoms with Gasteiger partial charge < -0.3 is 14.2 Å². The summed E-state index contributed by atoms with van der Waals surface area (Å²) in [6, 6.07) is 3.89. The minimum Gasteiger partial charge on any atom is -0.493 e. The lowest BCUT2D eigenvalue weighted by atomic mass is 10.0. The van der Waals surface area contributed by atoms with Gasteiger partial charge in [0.1, 0.15) is 0 Å². The van der Waals surface area contributed by atoms with Crippen LogP contribution in [-0.4, -0.2) is 31.9 Å². The fraction of sp³-hybridized carbons (Fsp3) is 0.310. The molecule has 5 nitrogen and oxygen atoms in total. The molecule has 0 aliphatic carbocycles. The van der Waals surface area contributed by atoms with Gasteiger partial charge in [-0.15, -0.1) is 0 Å². The van der Waals surface area contributed by atoms with E-state index in [2.05, 4.69) is 48.5 Å². The van der Waals surface area contributed by atoms with Crippen LogP contribution in [0, 0.1) is 0 Å². The average molecular weight is 495 g/mol. The van der Waals surface area contributed by atoms with Crippen molar-refractivity contribution in [3.63, 3.8) is 0 Å². The zero-order valence-electron chi connectivity index (χ0n) is 22.1. The molecular formula is C29H38N2O3S. The number of aromatic nitrogens is 1. The normalized spacial score (nSPS) is 11.9. The second-order valence-corrected chi connectivity index (χ2v) is 8.36. The standard InChI is InChI=1S/C22H27NO3S.C7H11N/c1-7-15(3)10-9-11-16(8-2)18-14-23-27-22(18)17-12-19(24-4)21(26-6)20(13-17)25-5;1-4-8-6-5-7(2)3/h8,10-14H,2,7,9H2,1,3-6H3;4-6H,2H2,1,3H3/b15-10-,16-11+;6-5-,8-4?. The second-order valence-electron chi connectivity index (χ2n) is 7.56. The van der Waals surface area contributed by atoms with E-state index in [9.17, 15) is 0 Å². The highest BCUT2D eigenvalue weighted by Gasteiger charge is 2.18. The molecule has 0 N–H and O–H groups in total. The Balaban J connectivity index is 0.000000658. The third kappa shape index (κ3) is 9.41. The Labute approximate surface area is 215 Å².